The number of anilines is 2. The van der Waals surface area contributed by atoms with Gasteiger partial charge in [0.2, 0.25) is 0 Å². The third kappa shape index (κ3) is 5.17. The summed E-state index contributed by atoms with van der Waals surface area (Å²) in [5.41, 5.74) is 0.794. The van der Waals surface area contributed by atoms with Crippen LogP contribution < -0.4 is 10.2 Å². The normalized spacial score (nSPS) is 10.8. The Morgan fingerprint density at radius 2 is 1.80 bits per heavy atom. The van der Waals surface area contributed by atoms with Crippen molar-refractivity contribution in [3.63, 3.8) is 0 Å². The van der Waals surface area contributed by atoms with Gasteiger partial charge in [0.1, 0.15) is 12.1 Å². The van der Waals surface area contributed by atoms with Crippen LogP contribution >= 0.6 is 0 Å². The van der Waals surface area contributed by atoms with E-state index in [-0.39, 0.29) is 6.54 Å². The van der Waals surface area contributed by atoms with Crippen molar-refractivity contribution in [2.24, 2.45) is 0 Å². The van der Waals surface area contributed by atoms with Gasteiger partial charge in [-0.2, -0.15) is 0 Å². The number of carbonyl (C=O) groups excluding carboxylic acids is 1. The average molecular weight is 280 g/mol. The van der Waals surface area contributed by atoms with Gasteiger partial charge >= 0.3 is 12.1 Å². The quantitative estimate of drug-likeness (QED) is 0.886. The van der Waals surface area contributed by atoms with Gasteiger partial charge in [-0.25, -0.2) is 4.79 Å². The Morgan fingerprint density at radius 1 is 1.25 bits per heavy atom. The SMILES string of the molecule is CN(C(=O)OC(C)(C)C)c1ccc(NCC(=O)O)cc1. The van der Waals surface area contributed by atoms with E-state index in [0.29, 0.717) is 11.4 Å². The molecule has 6 nitrogen and oxygen atoms in total. The Balaban J connectivity index is 2.68. The molecule has 0 unspecified atom stereocenters. The lowest BCUT2D eigenvalue weighted by Gasteiger charge is -2.24. The molecule has 20 heavy (non-hydrogen) atoms. The molecule has 1 aromatic carbocycles. The lowest BCUT2D eigenvalue weighted by atomic mass is 10.2. The molecule has 1 rings (SSSR count). The third-order valence-corrected chi connectivity index (χ3v) is 2.37. The maximum atomic E-state index is 11.9. The van der Waals surface area contributed by atoms with Gasteiger partial charge in [0.05, 0.1) is 0 Å². The van der Waals surface area contributed by atoms with E-state index in [2.05, 4.69) is 5.32 Å². The first-order chi connectivity index (χ1) is 9.19. The highest BCUT2D eigenvalue weighted by Crippen LogP contribution is 2.19. The number of hydrogen-bond acceptors (Lipinski definition) is 4. The fraction of sp³-hybridized carbons (Fsp3) is 0.429. The second kappa shape index (κ2) is 6.27. The maximum Gasteiger partial charge on any atom is 0.414 e. The molecule has 0 aromatic heterocycles. The van der Waals surface area contributed by atoms with Crippen LogP contribution in [0.4, 0.5) is 16.2 Å². The zero-order valence-corrected chi connectivity index (χ0v) is 12.1. The molecule has 0 spiro atoms. The molecule has 0 radical (unpaired) electrons. The van der Waals surface area contributed by atoms with Crippen LogP contribution in [-0.2, 0) is 9.53 Å². The summed E-state index contributed by atoms with van der Waals surface area (Å²) in [5, 5.41) is 11.3. The zero-order valence-electron chi connectivity index (χ0n) is 12.1. The Kier molecular flexibility index (Phi) is 4.96. The van der Waals surface area contributed by atoms with Gasteiger partial charge in [-0.1, -0.05) is 0 Å². The second-order valence-corrected chi connectivity index (χ2v) is 5.33. The zero-order chi connectivity index (χ0) is 15.3. The maximum absolute atomic E-state index is 11.9. The summed E-state index contributed by atoms with van der Waals surface area (Å²) >= 11 is 0. The van der Waals surface area contributed by atoms with Crippen LogP contribution in [0.1, 0.15) is 20.8 Å². The number of ether oxygens (including phenoxy) is 1. The molecular weight excluding hydrogens is 260 g/mol. The lowest BCUT2D eigenvalue weighted by Crippen LogP contribution is -2.34. The number of carbonyl (C=O) groups is 2. The van der Waals surface area contributed by atoms with Crippen molar-refractivity contribution in [3.8, 4) is 0 Å². The molecule has 0 aliphatic heterocycles. The van der Waals surface area contributed by atoms with E-state index < -0.39 is 17.7 Å². The summed E-state index contributed by atoms with van der Waals surface area (Å²) in [6.45, 7) is 5.26. The van der Waals surface area contributed by atoms with E-state index in [9.17, 15) is 9.59 Å². The van der Waals surface area contributed by atoms with Crippen LogP contribution in [0.15, 0.2) is 24.3 Å². The first kappa shape index (κ1) is 15.8. The van der Waals surface area contributed by atoms with Gasteiger partial charge in [-0.3, -0.25) is 9.69 Å². The Bertz CT molecular complexity index is 477. The predicted molar refractivity (Wildman–Crippen MR) is 77.2 cm³/mol. The fourth-order valence-corrected chi connectivity index (χ4v) is 1.42. The number of benzene rings is 1. The minimum Gasteiger partial charge on any atom is -0.480 e. The van der Waals surface area contributed by atoms with Gasteiger partial charge in [0.15, 0.2) is 0 Å². The summed E-state index contributed by atoms with van der Waals surface area (Å²) in [7, 11) is 1.62. The lowest BCUT2D eigenvalue weighted by molar-refractivity contribution is -0.134. The molecule has 0 aliphatic rings. The highest BCUT2D eigenvalue weighted by molar-refractivity contribution is 5.87. The first-order valence-corrected chi connectivity index (χ1v) is 6.21. The molecule has 0 saturated heterocycles. The van der Waals surface area contributed by atoms with Crippen LogP contribution in [0.2, 0.25) is 0 Å². The molecule has 0 bridgehead atoms. The van der Waals surface area contributed by atoms with Crippen molar-refractivity contribution < 1.29 is 19.4 Å². The van der Waals surface area contributed by atoms with Gasteiger partial charge in [-0.05, 0) is 45.0 Å². The number of hydrogen-bond donors (Lipinski definition) is 2. The average Bonchev–Trinajstić information content (AvgIpc) is 2.34. The van der Waals surface area contributed by atoms with E-state index in [1.165, 1.54) is 4.90 Å². The van der Waals surface area contributed by atoms with Crippen LogP contribution in [0.25, 0.3) is 0 Å². The number of nitrogens with one attached hydrogen (secondary N) is 1. The molecule has 0 atom stereocenters. The third-order valence-electron chi connectivity index (χ3n) is 2.37. The number of carboxylic acids is 1. The standard InChI is InChI=1S/C14H20N2O4/c1-14(2,3)20-13(19)16(4)11-7-5-10(6-8-11)15-9-12(17)18/h5-8,15H,9H2,1-4H3,(H,17,18). The second-order valence-electron chi connectivity index (χ2n) is 5.33. The van der Waals surface area contributed by atoms with Crippen LogP contribution in [-0.4, -0.2) is 36.4 Å². The molecular formula is C14H20N2O4. The number of nitrogens with zero attached hydrogens (tertiary/aromatic N) is 1. The molecule has 0 saturated carbocycles. The van der Waals surface area contributed by atoms with Crippen molar-refractivity contribution in [1.29, 1.82) is 0 Å². The largest absolute Gasteiger partial charge is 0.480 e. The summed E-state index contributed by atoms with van der Waals surface area (Å²) in [4.78, 5) is 23.7. The highest BCUT2D eigenvalue weighted by Gasteiger charge is 2.20. The van der Waals surface area contributed by atoms with Crippen molar-refractivity contribution >= 4 is 23.4 Å². The Hall–Kier alpha value is -2.24. The molecule has 2 N–H and O–H groups in total. The van der Waals surface area contributed by atoms with E-state index in [0.717, 1.165) is 0 Å². The molecule has 0 aliphatic carbocycles. The summed E-state index contributed by atoms with van der Waals surface area (Å²) in [6.07, 6.45) is -0.441. The van der Waals surface area contributed by atoms with Crippen LogP contribution in [0, 0.1) is 0 Å². The van der Waals surface area contributed by atoms with E-state index in [1.54, 1.807) is 52.1 Å². The fourth-order valence-electron chi connectivity index (χ4n) is 1.42. The molecule has 0 fully saturated rings. The Labute approximate surface area is 118 Å². The number of carboxylic acid groups (broad SMARTS) is 1. The van der Waals surface area contributed by atoms with E-state index in [4.69, 9.17) is 9.84 Å². The van der Waals surface area contributed by atoms with Gasteiger partial charge < -0.3 is 15.2 Å². The molecule has 110 valence electrons. The molecule has 0 heterocycles. The summed E-state index contributed by atoms with van der Waals surface area (Å²) < 4.78 is 5.26. The van der Waals surface area contributed by atoms with Crippen molar-refractivity contribution in [1.82, 2.24) is 0 Å². The summed E-state index contributed by atoms with van der Waals surface area (Å²) in [6, 6.07) is 6.85. The molecule has 6 heteroatoms. The van der Waals surface area contributed by atoms with Crippen LogP contribution in [0.3, 0.4) is 0 Å². The highest BCUT2D eigenvalue weighted by atomic mass is 16.6. The van der Waals surface area contributed by atoms with E-state index >= 15 is 0 Å². The number of aliphatic carboxylic acids is 1. The minimum atomic E-state index is -0.931. The minimum absolute atomic E-state index is 0.152. The Morgan fingerprint density at radius 3 is 2.25 bits per heavy atom. The predicted octanol–water partition coefficient (Wildman–Crippen LogP) is 2.55. The smallest absolute Gasteiger partial charge is 0.414 e. The van der Waals surface area contributed by atoms with Crippen LogP contribution in [0.5, 0.6) is 0 Å². The molecule has 1 aromatic rings. The van der Waals surface area contributed by atoms with Crippen molar-refractivity contribution in [3.05, 3.63) is 24.3 Å². The number of rotatable bonds is 4. The van der Waals surface area contributed by atoms with Gasteiger partial charge in [0.25, 0.3) is 0 Å². The topological polar surface area (TPSA) is 78.9 Å². The van der Waals surface area contributed by atoms with Gasteiger partial charge in [-0.15, -0.1) is 0 Å². The van der Waals surface area contributed by atoms with Crippen molar-refractivity contribution in [2.45, 2.75) is 26.4 Å². The number of amides is 1. The van der Waals surface area contributed by atoms with Crippen molar-refractivity contribution in [2.75, 3.05) is 23.8 Å². The first-order valence-electron chi connectivity index (χ1n) is 6.21. The van der Waals surface area contributed by atoms with Gasteiger partial charge in [0, 0.05) is 18.4 Å². The molecule has 1 amide bonds. The summed E-state index contributed by atoms with van der Waals surface area (Å²) in [5.74, 6) is -0.931. The monoisotopic (exact) mass is 280 g/mol. The van der Waals surface area contributed by atoms with E-state index in [1.807, 2.05) is 0 Å².